The average Bonchev–Trinajstić information content (AvgIpc) is 1.54. The van der Waals surface area contributed by atoms with Gasteiger partial charge in [-0.3, -0.25) is 0 Å². The Bertz CT molecular complexity index is 4560. The van der Waals surface area contributed by atoms with Crippen LogP contribution in [-0.4, -0.2) is 9.13 Å². The molecule has 0 saturated heterocycles. The lowest BCUT2D eigenvalue weighted by Crippen LogP contribution is -2.07. The zero-order valence-electron chi connectivity index (χ0n) is 47.2. The fraction of sp³-hybridized carbons (Fsp3) is 0.127. The minimum atomic E-state index is -4.94. The summed E-state index contributed by atoms with van der Waals surface area (Å²) in [6.07, 6.45) is -24.1. The predicted molar refractivity (Wildman–Crippen MR) is 317 cm³/mol. The van der Waals surface area contributed by atoms with Gasteiger partial charge in [-0.1, -0.05) is 84.9 Å². The van der Waals surface area contributed by atoms with Crippen LogP contribution >= 0.6 is 0 Å². The summed E-state index contributed by atoms with van der Waals surface area (Å²) in [5.41, 5.74) is -3.17. The topological polar surface area (TPSA) is 38.0 Å². The van der Waals surface area contributed by atoms with Crippen LogP contribution in [0.4, 0.5) is 71.5 Å². The van der Waals surface area contributed by atoms with Crippen LogP contribution in [0.3, 0.4) is 0 Å². The molecule has 0 spiro atoms. The third kappa shape index (κ3) is 10.9. The molecular formula is C71H41F15N4. The van der Waals surface area contributed by atoms with Crippen molar-refractivity contribution in [3.05, 3.63) is 243 Å². The number of nitriles is 1. The molecule has 0 unspecified atom stereocenters. The van der Waals surface area contributed by atoms with Crippen LogP contribution < -0.4 is 0 Å². The fourth-order valence-corrected chi connectivity index (χ4v) is 12.0. The van der Waals surface area contributed by atoms with Crippen molar-refractivity contribution in [3.8, 4) is 73.1 Å². The molecule has 0 atom stereocenters. The number of fused-ring (bicyclic) bond motifs is 6. The Labute approximate surface area is 502 Å². The van der Waals surface area contributed by atoms with Gasteiger partial charge in [-0.15, -0.1) is 0 Å². The van der Waals surface area contributed by atoms with Crippen molar-refractivity contribution in [1.82, 2.24) is 9.13 Å². The molecule has 4 nitrogen and oxygen atoms in total. The first-order chi connectivity index (χ1) is 42.2. The Kier molecular flexibility index (Phi) is 14.2. The highest BCUT2D eigenvalue weighted by Gasteiger charge is 2.36. The van der Waals surface area contributed by atoms with E-state index in [-0.39, 0.29) is 117 Å². The summed E-state index contributed by atoms with van der Waals surface area (Å²) in [5, 5.41) is 13.6. The van der Waals surface area contributed by atoms with Gasteiger partial charge in [0.05, 0.1) is 62.3 Å². The molecule has 0 aliphatic rings. The first-order valence-corrected chi connectivity index (χ1v) is 27.4. The van der Waals surface area contributed by atoms with E-state index in [1.807, 2.05) is 0 Å². The minimum absolute atomic E-state index is 0.0210. The molecule has 450 valence electrons. The minimum Gasteiger partial charge on any atom is -0.308 e. The molecule has 0 radical (unpaired) electrons. The lowest BCUT2D eigenvalue weighted by atomic mass is 9.96. The molecule has 19 heteroatoms. The van der Waals surface area contributed by atoms with Gasteiger partial charge < -0.3 is 9.13 Å². The van der Waals surface area contributed by atoms with Crippen LogP contribution in [0.5, 0.6) is 0 Å². The standard InChI is InChI=1S/C71H41F15N4/c1-36-16-44(24-50(20-36)68(75,76)77)40-6-11-55-56-12-7-41(45-17-37(2)21-51(25-45)69(78,79)80)29-62(56)89(61(55)28-40)65-32-48(54-15-10-49(67(72,73)74)34-60(54)88-5)33-66(59(65)35-87)90-63-30-42(46-18-38(3)22-52(26-46)70(81,82)83)8-13-57(63)58-14-9-43(31-64(58)90)47-19-39(4)23-53(27-47)71(84,85)86/h6-34H,1-4H3. The number of halogens is 15. The van der Waals surface area contributed by atoms with E-state index in [0.717, 1.165) is 60.7 Å². The summed E-state index contributed by atoms with van der Waals surface area (Å²) in [7, 11) is 0. The highest BCUT2D eigenvalue weighted by Crippen LogP contribution is 2.47. The molecule has 90 heavy (non-hydrogen) atoms. The Balaban J connectivity index is 1.26. The number of aromatic nitrogens is 2. The second kappa shape index (κ2) is 21.2. The second-order valence-electron chi connectivity index (χ2n) is 22.3. The lowest BCUT2D eigenvalue weighted by molar-refractivity contribution is -0.138. The highest BCUT2D eigenvalue weighted by atomic mass is 19.4. The van der Waals surface area contributed by atoms with Gasteiger partial charge in [0.1, 0.15) is 11.6 Å². The third-order valence-electron chi connectivity index (χ3n) is 15.9. The molecule has 12 aromatic rings. The van der Waals surface area contributed by atoms with Crippen molar-refractivity contribution < 1.29 is 65.9 Å². The van der Waals surface area contributed by atoms with Crippen molar-refractivity contribution >= 4 is 49.3 Å². The molecule has 0 fully saturated rings. The molecule has 0 N–H and O–H groups in total. The van der Waals surface area contributed by atoms with Crippen molar-refractivity contribution in [2.24, 2.45) is 0 Å². The normalized spacial score (nSPS) is 12.6. The second-order valence-corrected chi connectivity index (χ2v) is 22.3. The number of aryl methyl sites for hydroxylation is 4. The Morgan fingerprint density at radius 2 is 0.611 bits per heavy atom. The van der Waals surface area contributed by atoms with Gasteiger partial charge in [0, 0.05) is 27.1 Å². The van der Waals surface area contributed by atoms with Gasteiger partial charge in [0.2, 0.25) is 0 Å². The van der Waals surface area contributed by atoms with E-state index in [4.69, 9.17) is 6.57 Å². The van der Waals surface area contributed by atoms with Crippen LogP contribution in [0.1, 0.15) is 55.6 Å². The van der Waals surface area contributed by atoms with Gasteiger partial charge in [-0.2, -0.15) is 71.1 Å². The van der Waals surface area contributed by atoms with Crippen LogP contribution in [0.2, 0.25) is 0 Å². The Morgan fingerprint density at radius 3 is 0.867 bits per heavy atom. The Hall–Kier alpha value is -10.3. The maximum absolute atomic E-state index is 14.5. The van der Waals surface area contributed by atoms with Gasteiger partial charge in [0.15, 0.2) is 5.69 Å². The number of hydrogen-bond donors (Lipinski definition) is 0. The summed E-state index contributed by atoms with van der Waals surface area (Å²) >= 11 is 0. The van der Waals surface area contributed by atoms with Gasteiger partial charge in [-0.05, 0) is 197 Å². The zero-order valence-corrected chi connectivity index (χ0v) is 47.2. The van der Waals surface area contributed by atoms with Crippen LogP contribution in [0.25, 0.3) is 115 Å². The number of alkyl halides is 15. The van der Waals surface area contributed by atoms with E-state index in [1.54, 1.807) is 72.8 Å². The molecule has 2 aromatic heterocycles. The SMILES string of the molecule is [C-]#[N+]c1cc(C(F)(F)F)ccc1-c1cc(-n2c3cc(-c4cc(C)cc(C(F)(F)F)c4)ccc3c3ccc(-c4cc(C)cc(C(F)(F)F)c4)cc32)c(C#N)c(-n2c3cc(-c4cc(C)cc(C(F)(F)F)c4)ccc3c3ccc(-c4cc(C)cc(C(F)(F)F)c4)cc32)c1. The lowest BCUT2D eigenvalue weighted by Gasteiger charge is -2.20. The largest absolute Gasteiger partial charge is 0.416 e. The molecule has 0 aliphatic carbocycles. The number of nitrogens with zero attached hydrogens (tertiary/aromatic N) is 4. The molecule has 0 bridgehead atoms. The molecule has 0 aliphatic heterocycles. The van der Waals surface area contributed by atoms with Crippen molar-refractivity contribution in [1.29, 1.82) is 5.26 Å². The van der Waals surface area contributed by atoms with Crippen LogP contribution in [0, 0.1) is 45.6 Å². The van der Waals surface area contributed by atoms with Crippen molar-refractivity contribution in [2.45, 2.75) is 58.6 Å². The van der Waals surface area contributed by atoms with E-state index < -0.39 is 64.4 Å². The van der Waals surface area contributed by atoms with Crippen molar-refractivity contribution in [3.63, 3.8) is 0 Å². The summed E-state index contributed by atoms with van der Waals surface area (Å²) in [6, 6.07) is 40.0. The monoisotopic (exact) mass is 1230 g/mol. The first kappa shape index (κ1) is 60.0. The summed E-state index contributed by atoms with van der Waals surface area (Å²) in [4.78, 5) is 3.51. The van der Waals surface area contributed by atoms with E-state index >= 15 is 0 Å². The molecule has 10 aromatic carbocycles. The first-order valence-electron chi connectivity index (χ1n) is 27.4. The summed E-state index contributed by atoms with van der Waals surface area (Å²) < 4.78 is 220. The highest BCUT2D eigenvalue weighted by molar-refractivity contribution is 6.13. The third-order valence-corrected chi connectivity index (χ3v) is 15.9. The molecule has 2 heterocycles. The maximum atomic E-state index is 14.5. The number of rotatable bonds is 7. The zero-order chi connectivity index (χ0) is 64.5. The van der Waals surface area contributed by atoms with E-state index in [0.29, 0.717) is 27.6 Å². The smallest absolute Gasteiger partial charge is 0.308 e. The van der Waals surface area contributed by atoms with Crippen molar-refractivity contribution in [2.75, 3.05) is 0 Å². The van der Waals surface area contributed by atoms with Gasteiger partial charge in [-0.25, -0.2) is 4.85 Å². The molecule has 0 saturated carbocycles. The fourth-order valence-electron chi connectivity index (χ4n) is 12.0. The van der Waals surface area contributed by atoms with E-state index in [2.05, 4.69) is 10.9 Å². The number of benzene rings is 10. The molecule has 12 rings (SSSR count). The number of hydrogen-bond acceptors (Lipinski definition) is 1. The quantitative estimate of drug-likeness (QED) is 0.116. The maximum Gasteiger partial charge on any atom is 0.416 e. The predicted octanol–water partition coefficient (Wildman–Crippen LogP) is 23.0. The van der Waals surface area contributed by atoms with Gasteiger partial charge in [0.25, 0.3) is 0 Å². The van der Waals surface area contributed by atoms with E-state index in [9.17, 15) is 71.1 Å². The Morgan fingerprint density at radius 1 is 0.322 bits per heavy atom. The van der Waals surface area contributed by atoms with Gasteiger partial charge >= 0.3 is 30.9 Å². The van der Waals surface area contributed by atoms with E-state index in [1.165, 1.54) is 73.2 Å². The van der Waals surface area contributed by atoms with Crippen LogP contribution in [0.15, 0.2) is 176 Å². The summed E-state index contributed by atoms with van der Waals surface area (Å²) in [5.74, 6) is 0. The molecular weight excluding hydrogens is 1190 g/mol. The molecule has 0 amide bonds. The average molecular weight is 1240 g/mol. The van der Waals surface area contributed by atoms with Crippen LogP contribution in [-0.2, 0) is 30.9 Å². The summed E-state index contributed by atoms with van der Waals surface area (Å²) in [6.45, 7) is 14.1.